The molecule has 0 aliphatic carbocycles. The third kappa shape index (κ3) is 73.0. The van der Waals surface area contributed by atoms with Gasteiger partial charge in [0, 0.05) is 25.7 Å². The number of aliphatic hydroxyl groups excluding tert-OH is 1. The predicted octanol–water partition coefficient (Wildman–Crippen LogP) is 24.3. The molecule has 3 N–H and O–H groups in total. The summed E-state index contributed by atoms with van der Waals surface area (Å²) < 4.78 is 68.7. The maximum Gasteiger partial charge on any atom is 0.472 e. The maximum absolute atomic E-state index is 13.1. The smallest absolute Gasteiger partial charge is 0.462 e. The topological polar surface area (TPSA) is 237 Å². The molecule has 0 aliphatic rings. The first kappa shape index (κ1) is 98.1. The largest absolute Gasteiger partial charge is 0.472 e. The number of phosphoric ester groups is 2. The van der Waals surface area contributed by atoms with Crippen LogP contribution in [0.2, 0.25) is 0 Å². The average Bonchev–Trinajstić information content (AvgIpc) is 0.986. The fourth-order valence-corrected chi connectivity index (χ4v) is 14.1. The number of ether oxygens (including phenoxy) is 4. The molecule has 3 unspecified atom stereocenters. The van der Waals surface area contributed by atoms with Crippen LogP contribution in [-0.4, -0.2) is 96.7 Å². The number of phosphoric acid groups is 2. The molecule has 0 amide bonds. The van der Waals surface area contributed by atoms with Crippen LogP contribution < -0.4 is 0 Å². The average molecular weight is 1470 g/mol. The number of carbonyl (C=O) groups excluding carboxylic acids is 4. The number of aliphatic hydroxyl groups is 1. The van der Waals surface area contributed by atoms with Gasteiger partial charge in [0.15, 0.2) is 12.2 Å². The van der Waals surface area contributed by atoms with Crippen LogP contribution in [-0.2, 0) is 65.4 Å². The first-order valence-corrected chi connectivity index (χ1v) is 45.0. The minimum atomic E-state index is -4.96. The van der Waals surface area contributed by atoms with E-state index in [-0.39, 0.29) is 25.7 Å². The van der Waals surface area contributed by atoms with Crippen molar-refractivity contribution in [3.05, 3.63) is 0 Å². The Morgan fingerprint density at radius 2 is 0.510 bits per heavy atom. The molecule has 594 valence electrons. The minimum absolute atomic E-state index is 0.107. The van der Waals surface area contributed by atoms with Gasteiger partial charge < -0.3 is 33.8 Å². The molecular formula is C81H158O17P2. The fourth-order valence-electron chi connectivity index (χ4n) is 12.5. The van der Waals surface area contributed by atoms with Gasteiger partial charge in [0.05, 0.1) is 26.4 Å². The van der Waals surface area contributed by atoms with Crippen molar-refractivity contribution in [3.8, 4) is 0 Å². The van der Waals surface area contributed by atoms with Crippen molar-refractivity contribution in [2.45, 2.75) is 445 Å². The van der Waals surface area contributed by atoms with Crippen LogP contribution >= 0.6 is 15.6 Å². The van der Waals surface area contributed by atoms with Crippen LogP contribution in [0.3, 0.4) is 0 Å². The Morgan fingerprint density at radius 3 is 0.760 bits per heavy atom. The molecule has 0 saturated heterocycles. The fraction of sp³-hybridized carbons (Fsp3) is 0.951. The van der Waals surface area contributed by atoms with Gasteiger partial charge in [-0.05, 0) is 37.5 Å². The predicted molar refractivity (Wildman–Crippen MR) is 409 cm³/mol. The first-order valence-electron chi connectivity index (χ1n) is 42.0. The lowest BCUT2D eigenvalue weighted by Crippen LogP contribution is -2.30. The van der Waals surface area contributed by atoms with Gasteiger partial charge in [0.2, 0.25) is 0 Å². The zero-order valence-electron chi connectivity index (χ0n) is 65.5. The monoisotopic (exact) mass is 1470 g/mol. The molecule has 0 radical (unpaired) electrons. The van der Waals surface area contributed by atoms with E-state index >= 15 is 0 Å². The van der Waals surface area contributed by atoms with E-state index in [1.807, 2.05) is 0 Å². The van der Waals surface area contributed by atoms with Crippen LogP contribution in [0.4, 0.5) is 0 Å². The zero-order valence-corrected chi connectivity index (χ0v) is 67.3. The number of hydrogen-bond acceptors (Lipinski definition) is 15. The molecule has 0 fully saturated rings. The Morgan fingerprint density at radius 1 is 0.290 bits per heavy atom. The highest BCUT2D eigenvalue weighted by Gasteiger charge is 2.30. The molecule has 0 heterocycles. The van der Waals surface area contributed by atoms with Crippen molar-refractivity contribution in [2.24, 2.45) is 11.8 Å². The molecule has 0 aromatic rings. The highest BCUT2D eigenvalue weighted by atomic mass is 31.2. The molecule has 0 saturated carbocycles. The summed E-state index contributed by atoms with van der Waals surface area (Å²) in [5.74, 6) is -0.573. The Bertz CT molecular complexity index is 1930. The highest BCUT2D eigenvalue weighted by Crippen LogP contribution is 2.45. The van der Waals surface area contributed by atoms with Gasteiger partial charge in [-0.25, -0.2) is 9.13 Å². The summed E-state index contributed by atoms with van der Waals surface area (Å²) in [6.07, 6.45) is 62.5. The van der Waals surface area contributed by atoms with Gasteiger partial charge >= 0.3 is 39.5 Å². The van der Waals surface area contributed by atoms with E-state index in [0.29, 0.717) is 25.7 Å². The Labute approximate surface area is 613 Å². The van der Waals surface area contributed by atoms with Gasteiger partial charge in [0.25, 0.3) is 0 Å². The van der Waals surface area contributed by atoms with Crippen molar-refractivity contribution >= 4 is 39.5 Å². The quantitative estimate of drug-likeness (QED) is 0.0222. The summed E-state index contributed by atoms with van der Waals surface area (Å²) in [5, 5.41) is 10.6. The van der Waals surface area contributed by atoms with Gasteiger partial charge in [-0.3, -0.25) is 37.3 Å². The standard InChI is InChI=1S/C81H158O17P2/c1-7-10-12-14-16-18-20-22-23-24-25-26-27-28-29-30-32-34-40-48-54-60-66-81(86)97-76(69-91-78(83)63-57-51-45-38-36-35-37-43-49-55-61-73(4)5)71-95-99(87,88)93-67-75(82)68-94-100(89,90)96-72-77(70-92-79(84)64-58-52-46-42-41-44-50-56-62-74(6)9-3)98-80(85)65-59-53-47-39-33-31-21-19-17-15-13-11-8-2/h73-77,82H,7-72H2,1-6H3,(H,87,88)(H,89,90)/t74?,75-,76-,77-/m1/s1. The molecule has 100 heavy (non-hydrogen) atoms. The molecule has 0 bridgehead atoms. The van der Waals surface area contributed by atoms with Crippen molar-refractivity contribution < 1.29 is 80.2 Å². The minimum Gasteiger partial charge on any atom is -0.462 e. The Kier molecular flexibility index (Phi) is 71.2. The number of esters is 4. The van der Waals surface area contributed by atoms with Crippen molar-refractivity contribution in [1.29, 1.82) is 0 Å². The second-order valence-corrected chi connectivity index (χ2v) is 32.8. The molecule has 0 aliphatic heterocycles. The van der Waals surface area contributed by atoms with E-state index in [0.717, 1.165) is 102 Å². The van der Waals surface area contributed by atoms with E-state index in [1.54, 1.807) is 0 Å². The third-order valence-electron chi connectivity index (χ3n) is 19.3. The van der Waals surface area contributed by atoms with E-state index in [2.05, 4.69) is 41.5 Å². The lowest BCUT2D eigenvalue weighted by Gasteiger charge is -2.21. The maximum atomic E-state index is 13.1. The molecule has 6 atom stereocenters. The summed E-state index contributed by atoms with van der Waals surface area (Å²) in [6.45, 7) is 9.63. The second kappa shape index (κ2) is 72.6. The van der Waals surface area contributed by atoms with Gasteiger partial charge in [0.1, 0.15) is 19.3 Å². The highest BCUT2D eigenvalue weighted by molar-refractivity contribution is 7.47. The Balaban J connectivity index is 5.21. The van der Waals surface area contributed by atoms with Crippen LogP contribution in [0, 0.1) is 11.8 Å². The SMILES string of the molecule is CCCCCCCCCCCCCCCCCCCCCCCCC(=O)O[C@H](COC(=O)CCCCCCCCCCCCC(C)C)COP(=O)(O)OC[C@@H](O)COP(=O)(O)OC[C@@H](COC(=O)CCCCCCCCCCC(C)CC)OC(=O)CCCCCCCCCCCCCCC. The molecular weight excluding hydrogens is 1310 g/mol. The second-order valence-electron chi connectivity index (χ2n) is 29.9. The number of carbonyl (C=O) groups is 4. The summed E-state index contributed by atoms with van der Waals surface area (Å²) >= 11 is 0. The third-order valence-corrected chi connectivity index (χ3v) is 21.2. The van der Waals surface area contributed by atoms with Crippen molar-refractivity contribution in [1.82, 2.24) is 0 Å². The summed E-state index contributed by atoms with van der Waals surface area (Å²) in [7, 11) is -9.92. The summed E-state index contributed by atoms with van der Waals surface area (Å²) in [4.78, 5) is 73.0. The van der Waals surface area contributed by atoms with Crippen LogP contribution in [0.25, 0.3) is 0 Å². The summed E-state index contributed by atoms with van der Waals surface area (Å²) in [6, 6.07) is 0. The number of rotatable bonds is 80. The normalized spacial score (nSPS) is 14.2. The number of unbranched alkanes of at least 4 members (excludes halogenated alkanes) is 49. The van der Waals surface area contributed by atoms with E-state index in [1.165, 1.54) is 244 Å². The van der Waals surface area contributed by atoms with E-state index < -0.39 is 97.5 Å². The van der Waals surface area contributed by atoms with Crippen LogP contribution in [0.5, 0.6) is 0 Å². The van der Waals surface area contributed by atoms with E-state index in [4.69, 9.17) is 37.0 Å². The Hall–Kier alpha value is -1.94. The summed E-state index contributed by atoms with van der Waals surface area (Å²) in [5.41, 5.74) is 0. The molecule has 0 aromatic carbocycles. The molecule has 0 aromatic heterocycles. The van der Waals surface area contributed by atoms with Crippen LogP contribution in [0.15, 0.2) is 0 Å². The van der Waals surface area contributed by atoms with Gasteiger partial charge in [-0.1, -0.05) is 375 Å². The van der Waals surface area contributed by atoms with Gasteiger partial charge in [-0.2, -0.15) is 0 Å². The zero-order chi connectivity index (χ0) is 73.5. The molecule has 0 spiro atoms. The lowest BCUT2D eigenvalue weighted by atomic mass is 9.99. The molecule has 19 heteroatoms. The molecule has 0 rings (SSSR count). The molecule has 17 nitrogen and oxygen atoms in total. The lowest BCUT2D eigenvalue weighted by molar-refractivity contribution is -0.161. The van der Waals surface area contributed by atoms with Gasteiger partial charge in [-0.15, -0.1) is 0 Å². The van der Waals surface area contributed by atoms with Crippen LogP contribution in [0.1, 0.15) is 427 Å². The van der Waals surface area contributed by atoms with E-state index in [9.17, 15) is 43.2 Å². The number of hydrogen-bond donors (Lipinski definition) is 3. The van der Waals surface area contributed by atoms with Crippen molar-refractivity contribution in [3.63, 3.8) is 0 Å². The first-order chi connectivity index (χ1) is 48.4. The van der Waals surface area contributed by atoms with Crippen molar-refractivity contribution in [2.75, 3.05) is 39.6 Å².